The molecule has 1 aromatic carbocycles. The van der Waals surface area contributed by atoms with E-state index in [1.54, 1.807) is 0 Å². The quantitative estimate of drug-likeness (QED) is 0.814. The van der Waals surface area contributed by atoms with Gasteiger partial charge in [-0.3, -0.25) is 4.98 Å². The fraction of sp³-hybridized carbons (Fsp3) is 0.438. The van der Waals surface area contributed by atoms with Crippen LogP contribution in [0, 0.1) is 0 Å². The zero-order valence-electron chi connectivity index (χ0n) is 11.9. The van der Waals surface area contributed by atoms with Crippen LogP contribution < -0.4 is 10.6 Å². The maximum Gasteiger partial charge on any atom is 0.186 e. The molecule has 4 rings (SSSR count). The molecule has 0 bridgehead atoms. The van der Waals surface area contributed by atoms with E-state index in [2.05, 4.69) is 16.0 Å². The molecule has 0 amide bonds. The van der Waals surface area contributed by atoms with Gasteiger partial charge in [0.25, 0.3) is 0 Å². The molecule has 2 fully saturated rings. The highest BCUT2D eigenvalue weighted by Crippen LogP contribution is 2.35. The predicted molar refractivity (Wildman–Crippen MR) is 82.2 cm³/mol. The third kappa shape index (κ3) is 2.22. The van der Waals surface area contributed by atoms with Gasteiger partial charge in [-0.2, -0.15) is 0 Å². The van der Waals surface area contributed by atoms with Crippen LogP contribution in [0.1, 0.15) is 12.8 Å². The molecular weight excluding hydrogens is 266 g/mol. The highest BCUT2D eigenvalue weighted by molar-refractivity contribution is 5.93. The van der Waals surface area contributed by atoms with Crippen LogP contribution in [-0.4, -0.2) is 37.1 Å². The van der Waals surface area contributed by atoms with E-state index in [1.807, 2.05) is 24.4 Å². The maximum absolute atomic E-state index is 5.86. The minimum atomic E-state index is -0.415. The van der Waals surface area contributed by atoms with Crippen LogP contribution in [-0.2, 0) is 9.47 Å². The monoisotopic (exact) mass is 285 g/mol. The second-order valence-corrected chi connectivity index (χ2v) is 5.74. The molecule has 5 heteroatoms. The minimum absolute atomic E-state index is 0.415. The molecule has 21 heavy (non-hydrogen) atoms. The van der Waals surface area contributed by atoms with Crippen molar-refractivity contribution in [2.24, 2.45) is 0 Å². The second kappa shape index (κ2) is 4.86. The number of nitrogens with zero attached hydrogens (tertiary/aromatic N) is 2. The molecule has 0 aliphatic carbocycles. The lowest BCUT2D eigenvalue weighted by atomic mass is 10.0. The van der Waals surface area contributed by atoms with Crippen LogP contribution >= 0.6 is 0 Å². The SMILES string of the molecule is Nc1ccc2c(N3CCCC4(C3)OCCO4)ccnc2c1. The fourth-order valence-corrected chi connectivity index (χ4v) is 3.35. The largest absolute Gasteiger partial charge is 0.399 e. The molecule has 0 unspecified atom stereocenters. The summed E-state index contributed by atoms with van der Waals surface area (Å²) in [4.78, 5) is 6.76. The van der Waals surface area contributed by atoms with E-state index in [4.69, 9.17) is 15.2 Å². The van der Waals surface area contributed by atoms with Crippen LogP contribution in [0.4, 0.5) is 11.4 Å². The molecule has 0 radical (unpaired) electrons. The van der Waals surface area contributed by atoms with Gasteiger partial charge in [-0.15, -0.1) is 0 Å². The van der Waals surface area contributed by atoms with Gasteiger partial charge in [0, 0.05) is 35.9 Å². The number of hydrogen-bond acceptors (Lipinski definition) is 5. The molecule has 2 N–H and O–H groups in total. The first kappa shape index (κ1) is 12.9. The van der Waals surface area contributed by atoms with E-state index in [9.17, 15) is 0 Å². The topological polar surface area (TPSA) is 60.6 Å². The van der Waals surface area contributed by atoms with E-state index in [-0.39, 0.29) is 0 Å². The number of anilines is 2. The molecule has 2 saturated heterocycles. The van der Waals surface area contributed by atoms with Gasteiger partial charge in [-0.1, -0.05) is 0 Å². The van der Waals surface area contributed by atoms with E-state index < -0.39 is 5.79 Å². The standard InChI is InChI=1S/C16H19N3O2/c17-12-2-3-13-14(10-12)18-6-4-15(13)19-7-1-5-16(11-19)20-8-9-21-16/h2-4,6,10H,1,5,7-9,11,17H2. The third-order valence-corrected chi connectivity index (χ3v) is 4.32. The third-order valence-electron chi connectivity index (χ3n) is 4.32. The minimum Gasteiger partial charge on any atom is -0.399 e. The summed E-state index contributed by atoms with van der Waals surface area (Å²) in [5.41, 5.74) is 8.70. The molecule has 5 nitrogen and oxygen atoms in total. The average Bonchev–Trinajstić information content (AvgIpc) is 2.94. The van der Waals surface area contributed by atoms with E-state index >= 15 is 0 Å². The lowest BCUT2D eigenvalue weighted by molar-refractivity contribution is -0.161. The molecular formula is C16H19N3O2. The smallest absolute Gasteiger partial charge is 0.186 e. The molecule has 3 heterocycles. The highest BCUT2D eigenvalue weighted by atomic mass is 16.7. The highest BCUT2D eigenvalue weighted by Gasteiger charge is 2.41. The van der Waals surface area contributed by atoms with Crippen molar-refractivity contribution < 1.29 is 9.47 Å². The van der Waals surface area contributed by atoms with E-state index in [0.717, 1.165) is 42.5 Å². The Morgan fingerprint density at radius 1 is 1.19 bits per heavy atom. The Balaban J connectivity index is 1.72. The predicted octanol–water partition coefficient (Wildman–Crippen LogP) is 2.16. The van der Waals surface area contributed by atoms with Gasteiger partial charge in [-0.25, -0.2) is 0 Å². The fourth-order valence-electron chi connectivity index (χ4n) is 3.35. The molecule has 0 saturated carbocycles. The summed E-state index contributed by atoms with van der Waals surface area (Å²) in [6, 6.07) is 7.95. The van der Waals surface area contributed by atoms with Crippen molar-refractivity contribution >= 4 is 22.3 Å². The molecule has 1 aromatic heterocycles. The summed E-state index contributed by atoms with van der Waals surface area (Å²) in [7, 11) is 0. The summed E-state index contributed by atoms with van der Waals surface area (Å²) >= 11 is 0. The number of nitrogens with two attached hydrogens (primary N) is 1. The number of nitrogen functional groups attached to an aromatic ring is 1. The van der Waals surface area contributed by atoms with E-state index in [0.29, 0.717) is 13.2 Å². The Hall–Kier alpha value is -1.85. The summed E-state index contributed by atoms with van der Waals surface area (Å²) < 4.78 is 11.7. The normalized spacial score (nSPS) is 21.2. The van der Waals surface area contributed by atoms with Gasteiger partial charge in [0.15, 0.2) is 5.79 Å². The number of fused-ring (bicyclic) bond motifs is 1. The summed E-state index contributed by atoms with van der Waals surface area (Å²) in [5.74, 6) is -0.415. The molecule has 1 spiro atoms. The first-order valence-corrected chi connectivity index (χ1v) is 7.43. The van der Waals surface area contributed by atoms with Crippen molar-refractivity contribution in [3.63, 3.8) is 0 Å². The van der Waals surface area contributed by atoms with Crippen molar-refractivity contribution in [2.45, 2.75) is 18.6 Å². The molecule has 2 aliphatic heterocycles. The number of rotatable bonds is 1. The van der Waals surface area contributed by atoms with Crippen LogP contribution in [0.15, 0.2) is 30.5 Å². The zero-order chi connectivity index (χ0) is 14.3. The van der Waals surface area contributed by atoms with Gasteiger partial charge >= 0.3 is 0 Å². The lowest BCUT2D eigenvalue weighted by Crippen LogP contribution is -2.49. The van der Waals surface area contributed by atoms with Crippen molar-refractivity contribution in [3.8, 4) is 0 Å². The van der Waals surface area contributed by atoms with Crippen molar-refractivity contribution in [1.82, 2.24) is 4.98 Å². The van der Waals surface area contributed by atoms with Crippen molar-refractivity contribution in [1.29, 1.82) is 0 Å². The maximum atomic E-state index is 5.86. The summed E-state index contributed by atoms with van der Waals surface area (Å²) in [5, 5.41) is 1.13. The van der Waals surface area contributed by atoms with E-state index in [1.165, 1.54) is 5.69 Å². The average molecular weight is 285 g/mol. The number of aromatic nitrogens is 1. The Kier molecular flexibility index (Phi) is 2.97. The summed E-state index contributed by atoms with van der Waals surface area (Å²) in [6.07, 6.45) is 3.88. The van der Waals surface area contributed by atoms with Crippen LogP contribution in [0.3, 0.4) is 0 Å². The number of hydrogen-bond donors (Lipinski definition) is 1. The number of ether oxygens (including phenoxy) is 2. The van der Waals surface area contributed by atoms with Gasteiger partial charge in [0.05, 0.1) is 25.3 Å². The molecule has 110 valence electrons. The Labute approximate surface area is 123 Å². The van der Waals surface area contributed by atoms with Crippen molar-refractivity contribution in [2.75, 3.05) is 36.9 Å². The second-order valence-electron chi connectivity index (χ2n) is 5.74. The van der Waals surface area contributed by atoms with Crippen molar-refractivity contribution in [3.05, 3.63) is 30.5 Å². The first-order chi connectivity index (χ1) is 10.3. The van der Waals surface area contributed by atoms with Gasteiger partial charge in [0.1, 0.15) is 0 Å². The van der Waals surface area contributed by atoms with Gasteiger partial charge < -0.3 is 20.1 Å². The Morgan fingerprint density at radius 3 is 2.90 bits per heavy atom. The van der Waals surface area contributed by atoms with Gasteiger partial charge in [0.2, 0.25) is 0 Å². The zero-order valence-corrected chi connectivity index (χ0v) is 11.9. The van der Waals surface area contributed by atoms with Crippen LogP contribution in [0.2, 0.25) is 0 Å². The number of pyridine rings is 1. The lowest BCUT2D eigenvalue weighted by Gasteiger charge is -2.40. The summed E-state index contributed by atoms with van der Waals surface area (Å²) in [6.45, 7) is 3.18. The van der Waals surface area contributed by atoms with Gasteiger partial charge in [-0.05, 0) is 30.7 Å². The number of piperidine rings is 1. The first-order valence-electron chi connectivity index (χ1n) is 7.43. The number of benzene rings is 1. The molecule has 2 aromatic rings. The Bertz CT molecular complexity index is 668. The van der Waals surface area contributed by atoms with Crippen LogP contribution in [0.5, 0.6) is 0 Å². The van der Waals surface area contributed by atoms with Crippen LogP contribution in [0.25, 0.3) is 10.9 Å². The Morgan fingerprint density at radius 2 is 2.05 bits per heavy atom. The molecule has 0 atom stereocenters. The molecule has 2 aliphatic rings.